The minimum atomic E-state index is 0.299. The first kappa shape index (κ1) is 13.6. The second-order valence-corrected chi connectivity index (χ2v) is 5.74. The summed E-state index contributed by atoms with van der Waals surface area (Å²) in [6.07, 6.45) is 1.05. The number of fused-ring (bicyclic) bond motifs is 1. The Balaban J connectivity index is 1.73. The SMILES string of the molecule is NCC1c2cc(Cl)ccc2CN1CCc1ccccc1. The van der Waals surface area contributed by atoms with Crippen LogP contribution in [0.2, 0.25) is 5.02 Å². The van der Waals surface area contributed by atoms with Crippen LogP contribution in [0.3, 0.4) is 0 Å². The lowest BCUT2D eigenvalue weighted by Crippen LogP contribution is -2.29. The molecule has 0 spiro atoms. The highest BCUT2D eigenvalue weighted by molar-refractivity contribution is 6.30. The third-order valence-corrected chi connectivity index (χ3v) is 4.27. The van der Waals surface area contributed by atoms with E-state index in [0.29, 0.717) is 12.6 Å². The monoisotopic (exact) mass is 286 g/mol. The fraction of sp³-hybridized carbons (Fsp3) is 0.294. The molecule has 2 aromatic carbocycles. The molecule has 1 aliphatic heterocycles. The minimum Gasteiger partial charge on any atom is -0.329 e. The van der Waals surface area contributed by atoms with Gasteiger partial charge in [0.25, 0.3) is 0 Å². The summed E-state index contributed by atoms with van der Waals surface area (Å²) in [5.74, 6) is 0. The number of halogens is 1. The molecule has 0 amide bonds. The molecular weight excluding hydrogens is 268 g/mol. The summed E-state index contributed by atoms with van der Waals surface area (Å²) in [6, 6.07) is 17.1. The molecule has 0 saturated heterocycles. The molecule has 104 valence electrons. The number of benzene rings is 2. The van der Waals surface area contributed by atoms with E-state index in [0.717, 1.165) is 24.5 Å². The van der Waals surface area contributed by atoms with Crippen LogP contribution >= 0.6 is 11.6 Å². The van der Waals surface area contributed by atoms with Crippen molar-refractivity contribution in [1.29, 1.82) is 0 Å². The van der Waals surface area contributed by atoms with Gasteiger partial charge in [-0.05, 0) is 35.2 Å². The van der Waals surface area contributed by atoms with Gasteiger partial charge in [-0.25, -0.2) is 0 Å². The van der Waals surface area contributed by atoms with Gasteiger partial charge in [0.15, 0.2) is 0 Å². The van der Waals surface area contributed by atoms with Crippen molar-refractivity contribution in [3.05, 3.63) is 70.2 Å². The molecule has 1 unspecified atom stereocenters. The van der Waals surface area contributed by atoms with Gasteiger partial charge in [-0.2, -0.15) is 0 Å². The van der Waals surface area contributed by atoms with Gasteiger partial charge >= 0.3 is 0 Å². The smallest absolute Gasteiger partial charge is 0.0477 e. The number of hydrogen-bond acceptors (Lipinski definition) is 2. The predicted octanol–water partition coefficient (Wildman–Crippen LogP) is 3.40. The molecule has 2 nitrogen and oxygen atoms in total. The van der Waals surface area contributed by atoms with Crippen LogP contribution in [0.15, 0.2) is 48.5 Å². The van der Waals surface area contributed by atoms with Crippen molar-refractivity contribution >= 4 is 11.6 Å². The number of nitrogens with two attached hydrogens (primary N) is 1. The third kappa shape index (κ3) is 2.73. The highest BCUT2D eigenvalue weighted by atomic mass is 35.5. The molecule has 2 aromatic rings. The van der Waals surface area contributed by atoms with Gasteiger partial charge in [0.2, 0.25) is 0 Å². The van der Waals surface area contributed by atoms with Crippen LogP contribution in [0.1, 0.15) is 22.7 Å². The Morgan fingerprint density at radius 2 is 1.95 bits per heavy atom. The molecule has 0 saturated carbocycles. The zero-order valence-electron chi connectivity index (χ0n) is 11.4. The normalized spacial score (nSPS) is 18.2. The van der Waals surface area contributed by atoms with Crippen LogP contribution in [-0.4, -0.2) is 18.0 Å². The van der Waals surface area contributed by atoms with E-state index in [9.17, 15) is 0 Å². The maximum atomic E-state index is 6.11. The molecular formula is C17H19ClN2. The van der Waals surface area contributed by atoms with Crippen LogP contribution in [0, 0.1) is 0 Å². The van der Waals surface area contributed by atoms with E-state index in [1.165, 1.54) is 16.7 Å². The summed E-state index contributed by atoms with van der Waals surface area (Å²) in [5, 5.41) is 0.798. The van der Waals surface area contributed by atoms with Crippen molar-refractivity contribution < 1.29 is 0 Å². The lowest BCUT2D eigenvalue weighted by molar-refractivity contribution is 0.223. The molecule has 0 aliphatic carbocycles. The molecule has 1 atom stereocenters. The predicted molar refractivity (Wildman–Crippen MR) is 83.8 cm³/mol. The Hall–Kier alpha value is -1.35. The maximum Gasteiger partial charge on any atom is 0.0477 e. The molecule has 1 aliphatic rings. The first-order chi connectivity index (χ1) is 9.78. The van der Waals surface area contributed by atoms with E-state index < -0.39 is 0 Å². The van der Waals surface area contributed by atoms with Crippen molar-refractivity contribution in [2.75, 3.05) is 13.1 Å². The lowest BCUT2D eigenvalue weighted by Gasteiger charge is -2.23. The molecule has 1 heterocycles. The summed E-state index contributed by atoms with van der Waals surface area (Å²) in [4.78, 5) is 2.45. The van der Waals surface area contributed by atoms with Gasteiger partial charge in [-0.1, -0.05) is 48.0 Å². The standard InChI is InChI=1S/C17H19ClN2/c18-15-7-6-14-12-20(17(11-19)16(14)10-15)9-8-13-4-2-1-3-5-13/h1-7,10,17H,8-9,11-12,19H2. The minimum absolute atomic E-state index is 0.299. The quantitative estimate of drug-likeness (QED) is 0.933. The molecule has 3 rings (SSSR count). The molecule has 20 heavy (non-hydrogen) atoms. The molecule has 2 N–H and O–H groups in total. The lowest BCUT2D eigenvalue weighted by atomic mass is 10.1. The van der Waals surface area contributed by atoms with Gasteiger partial charge in [0.05, 0.1) is 0 Å². The van der Waals surface area contributed by atoms with E-state index in [2.05, 4.69) is 47.4 Å². The van der Waals surface area contributed by atoms with Crippen LogP contribution < -0.4 is 5.73 Å². The zero-order chi connectivity index (χ0) is 13.9. The van der Waals surface area contributed by atoms with Crippen molar-refractivity contribution in [3.63, 3.8) is 0 Å². The third-order valence-electron chi connectivity index (χ3n) is 4.03. The van der Waals surface area contributed by atoms with Crippen LogP contribution in [0.25, 0.3) is 0 Å². The van der Waals surface area contributed by atoms with Crippen molar-refractivity contribution in [1.82, 2.24) is 4.90 Å². The Morgan fingerprint density at radius 3 is 2.70 bits per heavy atom. The summed E-state index contributed by atoms with van der Waals surface area (Å²) < 4.78 is 0. The van der Waals surface area contributed by atoms with Crippen LogP contribution in [-0.2, 0) is 13.0 Å². The van der Waals surface area contributed by atoms with E-state index in [1.807, 2.05) is 6.07 Å². The van der Waals surface area contributed by atoms with Gasteiger partial charge in [-0.3, -0.25) is 4.90 Å². The van der Waals surface area contributed by atoms with Gasteiger partial charge in [0.1, 0.15) is 0 Å². The van der Waals surface area contributed by atoms with Gasteiger partial charge in [0, 0.05) is 30.7 Å². The highest BCUT2D eigenvalue weighted by Crippen LogP contribution is 2.34. The second-order valence-electron chi connectivity index (χ2n) is 5.30. The van der Waals surface area contributed by atoms with Crippen LogP contribution in [0.5, 0.6) is 0 Å². The zero-order valence-corrected chi connectivity index (χ0v) is 12.2. The molecule has 0 bridgehead atoms. The number of nitrogens with zero attached hydrogens (tertiary/aromatic N) is 1. The Labute approximate surface area is 125 Å². The Kier molecular flexibility index (Phi) is 4.06. The average molecular weight is 287 g/mol. The Bertz CT molecular complexity index is 583. The summed E-state index contributed by atoms with van der Waals surface area (Å²) in [5.41, 5.74) is 10.0. The van der Waals surface area contributed by atoms with E-state index in [-0.39, 0.29) is 0 Å². The number of rotatable bonds is 4. The van der Waals surface area contributed by atoms with Crippen molar-refractivity contribution in [3.8, 4) is 0 Å². The fourth-order valence-corrected chi connectivity index (χ4v) is 3.15. The summed E-state index contributed by atoms with van der Waals surface area (Å²) >= 11 is 6.11. The Morgan fingerprint density at radius 1 is 1.15 bits per heavy atom. The maximum absolute atomic E-state index is 6.11. The summed E-state index contributed by atoms with van der Waals surface area (Å²) in [6.45, 7) is 2.64. The fourth-order valence-electron chi connectivity index (χ4n) is 2.97. The van der Waals surface area contributed by atoms with Gasteiger partial charge in [-0.15, -0.1) is 0 Å². The van der Waals surface area contributed by atoms with E-state index in [1.54, 1.807) is 0 Å². The van der Waals surface area contributed by atoms with E-state index >= 15 is 0 Å². The number of hydrogen-bond donors (Lipinski definition) is 1. The average Bonchev–Trinajstić information content (AvgIpc) is 2.83. The van der Waals surface area contributed by atoms with E-state index in [4.69, 9.17) is 17.3 Å². The largest absolute Gasteiger partial charge is 0.329 e. The molecule has 3 heteroatoms. The first-order valence-corrected chi connectivity index (χ1v) is 7.42. The topological polar surface area (TPSA) is 29.3 Å². The van der Waals surface area contributed by atoms with Crippen LogP contribution in [0.4, 0.5) is 0 Å². The van der Waals surface area contributed by atoms with Gasteiger partial charge < -0.3 is 5.73 Å². The van der Waals surface area contributed by atoms with Crippen molar-refractivity contribution in [2.24, 2.45) is 5.73 Å². The van der Waals surface area contributed by atoms with Crippen molar-refractivity contribution in [2.45, 2.75) is 19.0 Å². The first-order valence-electron chi connectivity index (χ1n) is 7.04. The summed E-state index contributed by atoms with van der Waals surface area (Å²) in [7, 11) is 0. The molecule has 0 fully saturated rings. The molecule has 0 radical (unpaired) electrons. The molecule has 0 aromatic heterocycles. The highest BCUT2D eigenvalue weighted by Gasteiger charge is 2.28. The second kappa shape index (κ2) is 5.96.